The molecule has 0 bridgehead atoms. The quantitative estimate of drug-likeness (QED) is 0.173. The molecule has 2 aromatic rings. The zero-order valence-corrected chi connectivity index (χ0v) is 26.6. The number of ether oxygens (including phenoxy) is 1. The van der Waals surface area contributed by atoms with Crippen LogP contribution in [0.1, 0.15) is 76.7 Å². The van der Waals surface area contributed by atoms with E-state index in [4.69, 9.17) is 4.74 Å². The molecule has 2 rings (SSSR count). The van der Waals surface area contributed by atoms with E-state index in [1.54, 1.807) is 6.07 Å². The van der Waals surface area contributed by atoms with E-state index < -0.39 is 30.0 Å². The van der Waals surface area contributed by atoms with Crippen LogP contribution in [0.3, 0.4) is 0 Å². The van der Waals surface area contributed by atoms with Crippen LogP contribution in [0.25, 0.3) is 0 Å². The average molecular weight is 543 g/mol. The molecular weight excluding hydrogens is 510 g/mol. The van der Waals surface area contributed by atoms with Crippen molar-refractivity contribution in [3.63, 3.8) is 0 Å². The molecule has 0 saturated heterocycles. The molecule has 0 atom stereocenters. The molecule has 184 valence electrons. The van der Waals surface area contributed by atoms with Crippen molar-refractivity contribution in [3.8, 4) is 11.5 Å². The van der Waals surface area contributed by atoms with Crippen LogP contribution in [-0.4, -0.2) is 25.9 Å². The first-order chi connectivity index (χ1) is 15.6. The summed E-state index contributed by atoms with van der Waals surface area (Å²) in [5, 5.41) is 0. The van der Waals surface area contributed by atoms with Crippen LogP contribution in [0.4, 0.5) is 0 Å². The maximum Gasteiger partial charge on any atom is 1.00 e. The van der Waals surface area contributed by atoms with Gasteiger partial charge in [0.05, 0.1) is 9.79 Å². The van der Waals surface area contributed by atoms with Crippen molar-refractivity contribution in [2.24, 2.45) is 0 Å². The van der Waals surface area contributed by atoms with Gasteiger partial charge in [-0.3, -0.25) is 0 Å². The Morgan fingerprint density at radius 2 is 1.14 bits per heavy atom. The molecule has 7 nitrogen and oxygen atoms in total. The fourth-order valence-electron chi connectivity index (χ4n) is 3.66. The Kier molecular flexibility index (Phi) is 17.6. The van der Waals surface area contributed by atoms with E-state index in [1.807, 2.05) is 0 Å². The fourth-order valence-corrected chi connectivity index (χ4v) is 4.92. The number of aryl methyl sites for hydroxylation is 1. The summed E-state index contributed by atoms with van der Waals surface area (Å²) in [5.41, 5.74) is 0.682. The molecule has 0 saturated carbocycles. The van der Waals surface area contributed by atoms with Gasteiger partial charge in [-0.1, -0.05) is 82.9 Å². The van der Waals surface area contributed by atoms with Crippen LogP contribution >= 0.6 is 0 Å². The third-order valence-electron chi connectivity index (χ3n) is 5.43. The molecule has 0 aliphatic heterocycles. The van der Waals surface area contributed by atoms with E-state index in [-0.39, 0.29) is 70.6 Å². The molecule has 11 heteroatoms. The zero-order valence-electron chi connectivity index (χ0n) is 21.0. The van der Waals surface area contributed by atoms with Gasteiger partial charge in [-0.05, 0) is 42.7 Å². The minimum Gasteiger partial charge on any atom is -0.744 e. The van der Waals surface area contributed by atoms with Crippen LogP contribution < -0.4 is 63.9 Å². The van der Waals surface area contributed by atoms with Gasteiger partial charge in [-0.15, -0.1) is 0 Å². The minimum atomic E-state index is -4.88. The van der Waals surface area contributed by atoms with E-state index in [0.717, 1.165) is 25.3 Å². The second-order valence-corrected chi connectivity index (χ2v) is 10.9. The second-order valence-electron chi connectivity index (χ2n) is 8.17. The number of unbranched alkanes of at least 4 members (excludes halogenated alkanes) is 9. The number of rotatable bonds is 15. The Hall–Kier alpha value is 0.0600. The normalized spacial score (nSPS) is 11.4. The van der Waals surface area contributed by atoms with Gasteiger partial charge in [-0.2, -0.15) is 0 Å². The molecule has 0 fully saturated rings. The SMILES string of the molecule is CCCCCCCCCCCCc1ccc(Oc2ccccc2S(=O)(=O)[O-])c(S(=O)(=O)[O-])c1.[Na+].[Na+]. The number of hydrogen-bond donors (Lipinski definition) is 0. The molecule has 35 heavy (non-hydrogen) atoms. The molecule has 0 aliphatic rings. The predicted molar refractivity (Wildman–Crippen MR) is 124 cm³/mol. The molecule has 0 N–H and O–H groups in total. The van der Waals surface area contributed by atoms with Crippen LogP contribution in [0.5, 0.6) is 11.5 Å². The molecule has 0 aromatic heterocycles. The summed E-state index contributed by atoms with van der Waals surface area (Å²) in [6, 6.07) is 9.30. The topological polar surface area (TPSA) is 124 Å². The molecule has 0 aliphatic carbocycles. The van der Waals surface area contributed by atoms with E-state index >= 15 is 0 Å². The first kappa shape index (κ1) is 35.1. The molecule has 0 heterocycles. The number of benzene rings is 2. The zero-order chi connectivity index (χ0) is 24.3. The Morgan fingerprint density at radius 1 is 0.657 bits per heavy atom. The summed E-state index contributed by atoms with van der Waals surface area (Å²) >= 11 is 0. The summed E-state index contributed by atoms with van der Waals surface area (Å²) in [7, 11) is -9.72. The van der Waals surface area contributed by atoms with Gasteiger partial charge in [0.2, 0.25) is 0 Å². The van der Waals surface area contributed by atoms with E-state index in [2.05, 4.69) is 6.92 Å². The fraction of sp³-hybridized carbons (Fsp3) is 0.500. The van der Waals surface area contributed by atoms with Crippen molar-refractivity contribution < 1.29 is 89.8 Å². The first-order valence-corrected chi connectivity index (χ1v) is 14.3. The van der Waals surface area contributed by atoms with Gasteiger partial charge in [0.15, 0.2) is 0 Å². The van der Waals surface area contributed by atoms with Crippen LogP contribution in [0.15, 0.2) is 52.3 Å². The van der Waals surface area contributed by atoms with Crippen molar-refractivity contribution in [1.29, 1.82) is 0 Å². The molecule has 0 amide bonds. The van der Waals surface area contributed by atoms with E-state index in [1.165, 1.54) is 75.3 Å². The molecule has 0 spiro atoms. The standard InChI is InChI=1S/C24H34O7S2.2Na/c1-2-3-4-5-6-7-8-9-10-11-14-20-17-18-22(24(19-20)33(28,29)30)31-21-15-12-13-16-23(21)32(25,26)27;;/h12-13,15-19H,2-11,14H2,1H3,(H,25,26,27)(H,28,29,30);;/q;2*+1/p-2. The van der Waals surface area contributed by atoms with Gasteiger partial charge in [0.1, 0.15) is 31.7 Å². The van der Waals surface area contributed by atoms with Gasteiger partial charge in [0.25, 0.3) is 0 Å². The van der Waals surface area contributed by atoms with Gasteiger partial charge < -0.3 is 13.8 Å². The Labute approximate surface area is 254 Å². The molecule has 0 radical (unpaired) electrons. The predicted octanol–water partition coefficient (Wildman–Crippen LogP) is -0.241. The van der Waals surface area contributed by atoms with Crippen molar-refractivity contribution in [2.45, 2.75) is 87.3 Å². The first-order valence-electron chi connectivity index (χ1n) is 11.4. The van der Waals surface area contributed by atoms with Crippen LogP contribution in [-0.2, 0) is 26.7 Å². The summed E-state index contributed by atoms with van der Waals surface area (Å²) in [6.45, 7) is 2.21. The summed E-state index contributed by atoms with van der Waals surface area (Å²) < 4.78 is 75.1. The van der Waals surface area contributed by atoms with Crippen molar-refractivity contribution in [2.75, 3.05) is 0 Å². The Balaban J connectivity index is 0.00000578. The smallest absolute Gasteiger partial charge is 0.744 e. The number of para-hydroxylation sites is 1. The number of hydrogen-bond acceptors (Lipinski definition) is 7. The Morgan fingerprint density at radius 3 is 1.69 bits per heavy atom. The Bertz CT molecular complexity index is 1100. The minimum absolute atomic E-state index is 0. The summed E-state index contributed by atoms with van der Waals surface area (Å²) in [6.07, 6.45) is 12.4. The largest absolute Gasteiger partial charge is 1.00 e. The van der Waals surface area contributed by atoms with Crippen LogP contribution in [0, 0.1) is 0 Å². The molecule has 0 unspecified atom stereocenters. The van der Waals surface area contributed by atoms with Crippen molar-refractivity contribution >= 4 is 20.2 Å². The summed E-state index contributed by atoms with van der Waals surface area (Å²) in [5.74, 6) is -0.646. The molecule has 2 aromatic carbocycles. The monoisotopic (exact) mass is 542 g/mol. The maximum atomic E-state index is 11.8. The second kappa shape index (κ2) is 17.5. The summed E-state index contributed by atoms with van der Waals surface area (Å²) in [4.78, 5) is -1.21. The maximum absolute atomic E-state index is 11.8. The van der Waals surface area contributed by atoms with Gasteiger partial charge in [-0.25, -0.2) is 16.8 Å². The van der Waals surface area contributed by atoms with Gasteiger partial charge in [0, 0.05) is 0 Å². The average Bonchev–Trinajstić information content (AvgIpc) is 2.75. The van der Waals surface area contributed by atoms with Gasteiger partial charge >= 0.3 is 59.1 Å². The van der Waals surface area contributed by atoms with Crippen molar-refractivity contribution in [3.05, 3.63) is 48.0 Å². The van der Waals surface area contributed by atoms with E-state index in [9.17, 15) is 25.9 Å². The van der Waals surface area contributed by atoms with E-state index in [0.29, 0.717) is 12.0 Å². The third-order valence-corrected chi connectivity index (χ3v) is 7.17. The third kappa shape index (κ3) is 12.9. The van der Waals surface area contributed by atoms with Crippen LogP contribution in [0.2, 0.25) is 0 Å². The van der Waals surface area contributed by atoms with Crippen molar-refractivity contribution in [1.82, 2.24) is 0 Å². The molecular formula is C24H32Na2O7S2.